The zero-order chi connectivity index (χ0) is 3.41. The molecule has 3 heteroatoms. The van der Waals surface area contributed by atoms with Gasteiger partial charge in [-0.25, -0.2) is 0 Å². The van der Waals surface area contributed by atoms with Crippen molar-refractivity contribution < 1.29 is 17.1 Å². The van der Waals surface area contributed by atoms with Gasteiger partial charge in [0.15, 0.2) is 0 Å². The maximum absolute atomic E-state index is 4.91. The van der Waals surface area contributed by atoms with Crippen LogP contribution in [0.15, 0.2) is 12.7 Å². The van der Waals surface area contributed by atoms with Crippen molar-refractivity contribution in [2.75, 3.05) is 6.54 Å². The van der Waals surface area contributed by atoms with E-state index in [9.17, 15) is 0 Å². The van der Waals surface area contributed by atoms with Gasteiger partial charge >= 0.3 is 0 Å². The van der Waals surface area contributed by atoms with E-state index in [1.165, 1.54) is 0 Å². The van der Waals surface area contributed by atoms with Crippen LogP contribution in [0.3, 0.4) is 0 Å². The zero-order valence-electron chi connectivity index (χ0n) is 3.28. The summed E-state index contributed by atoms with van der Waals surface area (Å²) >= 11 is 0. The Morgan fingerprint density at radius 1 is 1.67 bits per heavy atom. The summed E-state index contributed by atoms with van der Waals surface area (Å²) in [7, 11) is 0. The van der Waals surface area contributed by atoms with Crippen molar-refractivity contribution in [2.24, 2.45) is 5.73 Å². The molecule has 0 saturated heterocycles. The molecule has 0 fully saturated rings. The largest absolute Gasteiger partial charge is 0.327 e. The summed E-state index contributed by atoms with van der Waals surface area (Å²) < 4.78 is 0. The molecule has 0 aromatic rings. The van der Waals surface area contributed by atoms with Crippen LogP contribution < -0.4 is 5.73 Å². The van der Waals surface area contributed by atoms with Crippen LogP contribution in [0.4, 0.5) is 0 Å². The Morgan fingerprint density at radius 2 is 1.83 bits per heavy atom. The van der Waals surface area contributed by atoms with E-state index in [4.69, 9.17) is 5.73 Å². The topological polar surface area (TPSA) is 26.0 Å². The monoisotopic (exact) mass is 156 g/mol. The minimum atomic E-state index is 0. The summed E-state index contributed by atoms with van der Waals surface area (Å²) in [6.45, 7) is 3.94. The van der Waals surface area contributed by atoms with Crippen molar-refractivity contribution >= 4 is 12.4 Å². The molecule has 0 aromatic carbocycles. The summed E-state index contributed by atoms with van der Waals surface area (Å²) in [5.41, 5.74) is 4.91. The molecule has 43 valence electrons. The maximum atomic E-state index is 4.91. The Kier molecular flexibility index (Phi) is 47.6. The van der Waals surface area contributed by atoms with E-state index in [1.54, 1.807) is 6.08 Å². The summed E-state index contributed by atoms with van der Waals surface area (Å²) in [6, 6.07) is 0. The second-order valence-electron chi connectivity index (χ2n) is 0.524. The first-order valence-electron chi connectivity index (χ1n) is 1.22. The average Bonchev–Trinajstić information content (AvgIpc) is 1.37. The molecular formula is C3H8ClCuN. The molecule has 0 saturated carbocycles. The summed E-state index contributed by atoms with van der Waals surface area (Å²) in [6.07, 6.45) is 1.65. The van der Waals surface area contributed by atoms with Crippen LogP contribution in [0.1, 0.15) is 0 Å². The van der Waals surface area contributed by atoms with Gasteiger partial charge in [0.1, 0.15) is 0 Å². The Bertz CT molecular complexity index is 24.8. The SMILES string of the molecule is C=CCN.Cl.[Cu]. The molecule has 0 aliphatic heterocycles. The third-order valence-electron chi connectivity index (χ3n) is 0.167. The van der Waals surface area contributed by atoms with Crippen LogP contribution in [0.2, 0.25) is 0 Å². The molecule has 0 aromatic heterocycles. The van der Waals surface area contributed by atoms with E-state index in [-0.39, 0.29) is 29.5 Å². The summed E-state index contributed by atoms with van der Waals surface area (Å²) in [5.74, 6) is 0. The quantitative estimate of drug-likeness (QED) is 0.436. The second kappa shape index (κ2) is 17.8. The number of halogens is 1. The minimum Gasteiger partial charge on any atom is -0.327 e. The molecule has 0 bridgehead atoms. The first-order valence-corrected chi connectivity index (χ1v) is 1.22. The van der Waals surface area contributed by atoms with E-state index in [2.05, 4.69) is 6.58 Å². The number of hydrogen-bond acceptors (Lipinski definition) is 1. The standard InChI is InChI=1S/C3H7N.ClH.Cu/c1-2-3-4;;/h2H,1,3-4H2;1H;. The minimum absolute atomic E-state index is 0. The maximum Gasteiger partial charge on any atom is 0.0104 e. The third-order valence-corrected chi connectivity index (χ3v) is 0.167. The molecule has 0 amide bonds. The van der Waals surface area contributed by atoms with Crippen LogP contribution in [-0.4, -0.2) is 6.54 Å². The van der Waals surface area contributed by atoms with Crippen LogP contribution in [0.25, 0.3) is 0 Å². The Balaban J connectivity index is -0.0000000450. The second-order valence-corrected chi connectivity index (χ2v) is 0.524. The van der Waals surface area contributed by atoms with E-state index < -0.39 is 0 Å². The molecule has 0 aliphatic carbocycles. The van der Waals surface area contributed by atoms with Gasteiger partial charge < -0.3 is 5.73 Å². The van der Waals surface area contributed by atoms with Crippen molar-refractivity contribution in [3.63, 3.8) is 0 Å². The van der Waals surface area contributed by atoms with Gasteiger partial charge in [-0.1, -0.05) is 6.08 Å². The molecule has 6 heavy (non-hydrogen) atoms. The number of nitrogens with two attached hydrogens (primary N) is 1. The first kappa shape index (κ1) is 16.0. The zero-order valence-corrected chi connectivity index (χ0v) is 5.04. The molecule has 0 atom stereocenters. The average molecular weight is 157 g/mol. The van der Waals surface area contributed by atoms with Crippen molar-refractivity contribution in [3.05, 3.63) is 12.7 Å². The predicted molar refractivity (Wildman–Crippen MR) is 26.5 cm³/mol. The van der Waals surface area contributed by atoms with E-state index in [0.29, 0.717) is 6.54 Å². The van der Waals surface area contributed by atoms with Gasteiger partial charge in [-0.2, -0.15) is 0 Å². The van der Waals surface area contributed by atoms with Gasteiger partial charge in [0.2, 0.25) is 0 Å². The van der Waals surface area contributed by atoms with Crippen LogP contribution in [0.5, 0.6) is 0 Å². The van der Waals surface area contributed by atoms with E-state index >= 15 is 0 Å². The van der Waals surface area contributed by atoms with Crippen molar-refractivity contribution in [3.8, 4) is 0 Å². The van der Waals surface area contributed by atoms with Gasteiger partial charge in [0.05, 0.1) is 0 Å². The molecule has 0 spiro atoms. The molecule has 0 unspecified atom stereocenters. The predicted octanol–water partition coefficient (Wildman–Crippen LogP) is 0.550. The third kappa shape index (κ3) is 24.4. The van der Waals surface area contributed by atoms with Crippen LogP contribution in [-0.2, 0) is 17.1 Å². The van der Waals surface area contributed by atoms with Gasteiger partial charge in [-0.15, -0.1) is 19.0 Å². The van der Waals surface area contributed by atoms with E-state index in [0.717, 1.165) is 0 Å². The Morgan fingerprint density at radius 3 is 1.83 bits per heavy atom. The fourth-order valence-corrected chi connectivity index (χ4v) is 0. The summed E-state index contributed by atoms with van der Waals surface area (Å²) in [5, 5.41) is 0. The summed E-state index contributed by atoms with van der Waals surface area (Å²) in [4.78, 5) is 0. The Hall–Kier alpha value is 0.509. The number of rotatable bonds is 1. The van der Waals surface area contributed by atoms with Gasteiger partial charge in [-0.05, 0) is 0 Å². The van der Waals surface area contributed by atoms with Crippen molar-refractivity contribution in [2.45, 2.75) is 0 Å². The van der Waals surface area contributed by atoms with Gasteiger partial charge in [0, 0.05) is 23.6 Å². The molecule has 2 N–H and O–H groups in total. The first-order chi connectivity index (χ1) is 1.91. The molecule has 0 aliphatic rings. The van der Waals surface area contributed by atoms with Crippen molar-refractivity contribution in [1.82, 2.24) is 0 Å². The fraction of sp³-hybridized carbons (Fsp3) is 0.333. The smallest absolute Gasteiger partial charge is 0.0104 e. The Labute approximate surface area is 54.9 Å². The van der Waals surface area contributed by atoms with Crippen LogP contribution in [0, 0.1) is 0 Å². The van der Waals surface area contributed by atoms with E-state index in [1.807, 2.05) is 0 Å². The van der Waals surface area contributed by atoms with Gasteiger partial charge in [-0.3, -0.25) is 0 Å². The molecule has 1 radical (unpaired) electrons. The molecule has 1 nitrogen and oxygen atoms in total. The number of hydrogen-bond donors (Lipinski definition) is 1. The fourth-order valence-electron chi connectivity index (χ4n) is 0. The van der Waals surface area contributed by atoms with Crippen molar-refractivity contribution in [1.29, 1.82) is 0 Å². The molecule has 0 rings (SSSR count). The molecular weight excluding hydrogens is 149 g/mol. The van der Waals surface area contributed by atoms with Crippen LogP contribution >= 0.6 is 12.4 Å². The molecule has 0 heterocycles. The normalized spacial score (nSPS) is 4.17. The van der Waals surface area contributed by atoms with Gasteiger partial charge in [0.25, 0.3) is 0 Å².